The average Bonchev–Trinajstić information content (AvgIpc) is 3.16. The van der Waals surface area contributed by atoms with Crippen LogP contribution in [0, 0.1) is 0 Å². The summed E-state index contributed by atoms with van der Waals surface area (Å²) >= 11 is 11.9. The summed E-state index contributed by atoms with van der Waals surface area (Å²) in [7, 11) is -3.96. The predicted molar refractivity (Wildman–Crippen MR) is 117 cm³/mol. The lowest BCUT2D eigenvalue weighted by Gasteiger charge is -2.11. The van der Waals surface area contributed by atoms with Gasteiger partial charge in [-0.2, -0.15) is 9.61 Å². The predicted octanol–water partition coefficient (Wildman–Crippen LogP) is 3.78. The zero-order valence-electron chi connectivity index (χ0n) is 15.5. The Morgan fingerprint density at radius 3 is 2.48 bits per heavy atom. The van der Waals surface area contributed by atoms with Gasteiger partial charge < -0.3 is 10.8 Å². The van der Waals surface area contributed by atoms with E-state index in [0.717, 1.165) is 0 Å². The van der Waals surface area contributed by atoms with Crippen molar-refractivity contribution >= 4 is 56.3 Å². The van der Waals surface area contributed by atoms with E-state index in [1.165, 1.54) is 35.1 Å². The Morgan fingerprint density at radius 2 is 1.81 bits per heavy atom. The van der Waals surface area contributed by atoms with Crippen molar-refractivity contribution in [1.82, 2.24) is 14.6 Å². The van der Waals surface area contributed by atoms with Crippen molar-refractivity contribution in [1.29, 1.82) is 0 Å². The fourth-order valence-electron chi connectivity index (χ4n) is 2.94. The fourth-order valence-corrected chi connectivity index (χ4v) is 4.76. The summed E-state index contributed by atoms with van der Waals surface area (Å²) in [6.45, 7) is 0. The smallest absolute Gasteiger partial charge is 0.341 e. The summed E-state index contributed by atoms with van der Waals surface area (Å²) in [5, 5.41) is 13.2. The van der Waals surface area contributed by atoms with Crippen LogP contribution in [0.4, 0.5) is 11.5 Å². The normalized spacial score (nSPS) is 11.5. The largest absolute Gasteiger partial charge is 0.477 e. The maximum atomic E-state index is 12.6. The van der Waals surface area contributed by atoms with E-state index in [9.17, 15) is 18.3 Å². The first kappa shape index (κ1) is 20.9. The van der Waals surface area contributed by atoms with Crippen molar-refractivity contribution in [3.05, 3.63) is 70.5 Å². The molecule has 9 nitrogen and oxygen atoms in total. The number of nitrogen functional groups attached to an aromatic ring is 1. The molecule has 0 radical (unpaired) electrons. The highest BCUT2D eigenvalue weighted by Crippen LogP contribution is 2.31. The monoisotopic (exact) mass is 477 g/mol. The third kappa shape index (κ3) is 3.76. The number of hydrogen-bond acceptors (Lipinski definition) is 6. The number of benzene rings is 2. The molecule has 158 valence electrons. The first-order valence-electron chi connectivity index (χ1n) is 8.62. The Labute approximate surface area is 186 Å². The van der Waals surface area contributed by atoms with E-state index in [1.54, 1.807) is 24.3 Å². The summed E-state index contributed by atoms with van der Waals surface area (Å²) in [5.41, 5.74) is 7.61. The molecule has 2 heterocycles. The van der Waals surface area contributed by atoms with Crippen LogP contribution in [0.15, 0.2) is 59.8 Å². The zero-order valence-corrected chi connectivity index (χ0v) is 17.8. The Hall–Kier alpha value is -3.34. The topological polar surface area (TPSA) is 140 Å². The van der Waals surface area contributed by atoms with Crippen LogP contribution in [-0.2, 0) is 10.0 Å². The molecule has 0 saturated carbocycles. The van der Waals surface area contributed by atoms with Gasteiger partial charge in [-0.15, -0.1) is 0 Å². The van der Waals surface area contributed by atoms with Crippen LogP contribution in [0.3, 0.4) is 0 Å². The van der Waals surface area contributed by atoms with Crippen molar-refractivity contribution in [2.75, 3.05) is 10.5 Å². The van der Waals surface area contributed by atoms with Crippen molar-refractivity contribution < 1.29 is 18.3 Å². The number of anilines is 2. The third-order valence-corrected chi connectivity index (χ3v) is 6.80. The fraction of sp³-hybridized carbons (Fsp3) is 0. The summed E-state index contributed by atoms with van der Waals surface area (Å²) < 4.78 is 29.0. The van der Waals surface area contributed by atoms with E-state index in [1.807, 2.05) is 0 Å². The molecule has 0 aliphatic rings. The number of carboxylic acid groups (broad SMARTS) is 1. The maximum Gasteiger partial charge on any atom is 0.341 e. The Morgan fingerprint density at radius 1 is 1.10 bits per heavy atom. The number of fused-ring (bicyclic) bond motifs is 1. The van der Waals surface area contributed by atoms with Gasteiger partial charge in [-0.3, -0.25) is 4.72 Å². The van der Waals surface area contributed by atoms with Crippen molar-refractivity contribution in [3.63, 3.8) is 0 Å². The van der Waals surface area contributed by atoms with Crippen LogP contribution >= 0.6 is 23.2 Å². The molecule has 0 aliphatic carbocycles. The van der Waals surface area contributed by atoms with Crippen LogP contribution in [0.1, 0.15) is 10.4 Å². The third-order valence-electron chi connectivity index (χ3n) is 4.45. The van der Waals surface area contributed by atoms with Crippen LogP contribution < -0.4 is 10.5 Å². The van der Waals surface area contributed by atoms with E-state index in [2.05, 4.69) is 14.8 Å². The molecule has 0 fully saturated rings. The number of carbonyl (C=O) groups is 1. The number of nitrogens with two attached hydrogens (primary N) is 1. The second-order valence-electron chi connectivity index (χ2n) is 6.39. The van der Waals surface area contributed by atoms with E-state index < -0.39 is 16.0 Å². The number of hydrogen-bond donors (Lipinski definition) is 3. The molecule has 12 heteroatoms. The minimum Gasteiger partial charge on any atom is -0.477 e. The van der Waals surface area contributed by atoms with E-state index in [4.69, 9.17) is 28.9 Å². The van der Waals surface area contributed by atoms with Gasteiger partial charge in [-0.1, -0.05) is 41.4 Å². The molecule has 4 N–H and O–H groups in total. The maximum absolute atomic E-state index is 12.6. The van der Waals surface area contributed by atoms with E-state index in [-0.39, 0.29) is 32.0 Å². The van der Waals surface area contributed by atoms with E-state index in [0.29, 0.717) is 16.8 Å². The number of carboxylic acids is 1. The van der Waals surface area contributed by atoms with E-state index >= 15 is 0 Å². The quantitative estimate of drug-likeness (QED) is 0.397. The SMILES string of the molecule is Nc1c(-c2ccc(NS(=O)(=O)c3cccc(Cl)c3Cl)cc2)cnc2c(C(=O)O)cnn12. The van der Waals surface area contributed by atoms with Gasteiger partial charge >= 0.3 is 5.97 Å². The molecule has 4 aromatic rings. The molecule has 2 aromatic heterocycles. The van der Waals surface area contributed by atoms with Crippen LogP contribution in [0.25, 0.3) is 16.8 Å². The van der Waals surface area contributed by atoms with Crippen LogP contribution in [0.2, 0.25) is 10.0 Å². The zero-order chi connectivity index (χ0) is 22.3. The van der Waals surface area contributed by atoms with Gasteiger partial charge in [-0.25, -0.2) is 18.2 Å². The number of nitrogens with one attached hydrogen (secondary N) is 1. The molecule has 31 heavy (non-hydrogen) atoms. The summed E-state index contributed by atoms with van der Waals surface area (Å²) in [4.78, 5) is 15.2. The number of aromatic carboxylic acids is 1. The first-order chi connectivity index (χ1) is 14.7. The number of sulfonamides is 1. The lowest BCUT2D eigenvalue weighted by molar-refractivity contribution is 0.0698. The van der Waals surface area contributed by atoms with Crippen molar-refractivity contribution in [2.24, 2.45) is 0 Å². The highest BCUT2D eigenvalue weighted by atomic mass is 35.5. The number of nitrogens with zero attached hydrogens (tertiary/aromatic N) is 3. The molecule has 0 atom stereocenters. The molecular formula is C19H13Cl2N5O4S. The van der Waals surface area contributed by atoms with Gasteiger partial charge in [0.1, 0.15) is 16.3 Å². The number of rotatable bonds is 5. The van der Waals surface area contributed by atoms with Gasteiger partial charge in [0.05, 0.1) is 16.2 Å². The van der Waals surface area contributed by atoms with Gasteiger partial charge in [0.15, 0.2) is 5.65 Å². The minimum atomic E-state index is -3.96. The molecule has 0 bridgehead atoms. The minimum absolute atomic E-state index is 0.0670. The molecule has 0 aliphatic heterocycles. The number of aromatic nitrogens is 3. The highest BCUT2D eigenvalue weighted by molar-refractivity contribution is 7.92. The molecular weight excluding hydrogens is 465 g/mol. The second kappa shape index (κ2) is 7.73. The Bertz CT molecular complexity index is 1440. The molecule has 0 unspecified atom stereocenters. The van der Waals surface area contributed by atoms with Gasteiger partial charge in [-0.05, 0) is 29.8 Å². The molecule has 0 saturated heterocycles. The molecule has 2 aromatic carbocycles. The van der Waals surface area contributed by atoms with Crippen molar-refractivity contribution in [3.8, 4) is 11.1 Å². The van der Waals surface area contributed by atoms with Crippen molar-refractivity contribution in [2.45, 2.75) is 4.90 Å². The molecule has 4 rings (SSSR count). The van der Waals surface area contributed by atoms with Gasteiger partial charge in [0, 0.05) is 17.4 Å². The first-order valence-corrected chi connectivity index (χ1v) is 10.9. The lowest BCUT2D eigenvalue weighted by atomic mass is 10.1. The second-order valence-corrected chi connectivity index (χ2v) is 8.83. The Kier molecular flexibility index (Phi) is 5.21. The summed E-state index contributed by atoms with van der Waals surface area (Å²) in [6.07, 6.45) is 2.60. The highest BCUT2D eigenvalue weighted by Gasteiger charge is 2.20. The van der Waals surface area contributed by atoms with Crippen LogP contribution in [0.5, 0.6) is 0 Å². The van der Waals surface area contributed by atoms with Crippen LogP contribution in [-0.4, -0.2) is 34.1 Å². The lowest BCUT2D eigenvalue weighted by Crippen LogP contribution is -2.13. The molecule has 0 amide bonds. The van der Waals surface area contributed by atoms with Gasteiger partial charge in [0.2, 0.25) is 0 Å². The Balaban J connectivity index is 1.65. The summed E-state index contributed by atoms with van der Waals surface area (Å²) in [6, 6.07) is 10.7. The molecule has 0 spiro atoms. The standard InChI is InChI=1S/C19H13Cl2N5O4S/c20-14-2-1-3-15(16(14)21)31(29,30)25-11-6-4-10(5-7-11)12-8-23-18-13(19(27)28)9-24-26(18)17(12)22/h1-9,25H,22H2,(H,27,28). The van der Waals surface area contributed by atoms with Gasteiger partial charge in [0.25, 0.3) is 10.0 Å². The number of halogens is 2. The average molecular weight is 478 g/mol. The summed E-state index contributed by atoms with van der Waals surface area (Å²) in [5.74, 6) is -0.970.